The maximum Gasteiger partial charge on any atom is 4.00 e. The van der Waals surface area contributed by atoms with Crippen LogP contribution in [0.2, 0.25) is 0 Å². The third-order valence-electron chi connectivity index (χ3n) is 4.75. The van der Waals surface area contributed by atoms with Crippen LogP contribution in [0.1, 0.15) is 5.56 Å². The Morgan fingerprint density at radius 3 is 1.67 bits per heavy atom. The Morgan fingerprint density at radius 2 is 1.21 bits per heavy atom. The standard InChI is InChI=1S/C17H16N.C7H7.C6H5.H2N.Ti/c1-18(2)17-15-11-7-6-10-14(15)12-16(17)13-8-4-3-5-9-13;1-7-5-3-2-4-6-7;1-2-4-6-5-3-1;;/h3-12H,1-2H3;2-6H,1H2;1-5H;1H2;/q4*-1;+4. The van der Waals surface area contributed by atoms with Gasteiger partial charge in [-0.05, 0) is 19.8 Å². The Balaban J connectivity index is 0.000000301. The first-order chi connectivity index (χ1) is 15.2. The van der Waals surface area contributed by atoms with E-state index < -0.39 is 0 Å². The zero-order valence-electron chi connectivity index (χ0n) is 19.3. The van der Waals surface area contributed by atoms with Crippen LogP contribution in [0, 0.1) is 13.0 Å². The van der Waals surface area contributed by atoms with E-state index in [-0.39, 0.29) is 27.9 Å². The van der Waals surface area contributed by atoms with E-state index in [4.69, 9.17) is 0 Å². The molecule has 0 saturated carbocycles. The van der Waals surface area contributed by atoms with Crippen LogP contribution in [0.4, 0.5) is 5.69 Å². The van der Waals surface area contributed by atoms with Gasteiger partial charge in [0.05, 0.1) is 0 Å². The van der Waals surface area contributed by atoms with Crippen molar-refractivity contribution < 1.29 is 21.7 Å². The number of benzene rings is 4. The summed E-state index contributed by atoms with van der Waals surface area (Å²) in [5.74, 6) is 0. The zero-order chi connectivity index (χ0) is 21.9. The van der Waals surface area contributed by atoms with Gasteiger partial charge in [0.25, 0.3) is 0 Å². The van der Waals surface area contributed by atoms with Crippen LogP contribution in [0.15, 0.2) is 121 Å². The molecule has 0 amide bonds. The molecular formula is C30H30N2Ti. The molecule has 0 aliphatic heterocycles. The average Bonchev–Trinajstić information content (AvgIpc) is 3.22. The van der Waals surface area contributed by atoms with E-state index in [0.717, 1.165) is 5.56 Å². The third kappa shape index (κ3) is 8.36. The van der Waals surface area contributed by atoms with Crippen molar-refractivity contribution in [1.29, 1.82) is 0 Å². The minimum absolute atomic E-state index is 0. The smallest absolute Gasteiger partial charge is 0.693 e. The van der Waals surface area contributed by atoms with Gasteiger partial charge in [-0.2, -0.15) is 61.0 Å². The van der Waals surface area contributed by atoms with Crippen molar-refractivity contribution in [3.63, 3.8) is 0 Å². The molecule has 0 atom stereocenters. The van der Waals surface area contributed by atoms with Crippen LogP contribution >= 0.6 is 0 Å². The maximum atomic E-state index is 3.72. The molecule has 0 bridgehead atoms. The van der Waals surface area contributed by atoms with E-state index in [1.165, 1.54) is 27.6 Å². The molecule has 5 rings (SSSR count). The Hall–Kier alpha value is -3.17. The monoisotopic (exact) mass is 466 g/mol. The first kappa shape index (κ1) is 27.9. The molecule has 0 spiro atoms. The Bertz CT molecular complexity index is 1120. The van der Waals surface area contributed by atoms with Crippen molar-refractivity contribution in [1.82, 2.24) is 0 Å². The molecule has 0 aliphatic carbocycles. The van der Waals surface area contributed by atoms with Crippen LogP contribution in [-0.2, 0) is 21.7 Å². The van der Waals surface area contributed by atoms with Gasteiger partial charge in [-0.3, -0.25) is 0 Å². The third-order valence-corrected chi connectivity index (χ3v) is 4.75. The van der Waals surface area contributed by atoms with E-state index in [9.17, 15) is 0 Å². The maximum absolute atomic E-state index is 3.72. The molecule has 3 heteroatoms. The molecule has 5 aromatic carbocycles. The minimum Gasteiger partial charge on any atom is -0.693 e. The average molecular weight is 466 g/mol. The molecule has 0 heterocycles. The quantitative estimate of drug-likeness (QED) is 0.190. The second-order valence-electron chi connectivity index (χ2n) is 7.32. The normalized spacial score (nSPS) is 9.15. The van der Waals surface area contributed by atoms with E-state index in [2.05, 4.69) is 92.6 Å². The first-order valence-corrected chi connectivity index (χ1v) is 10.4. The van der Waals surface area contributed by atoms with Gasteiger partial charge in [0.1, 0.15) is 0 Å². The summed E-state index contributed by atoms with van der Waals surface area (Å²) < 4.78 is 0. The van der Waals surface area contributed by atoms with Crippen molar-refractivity contribution >= 4 is 16.5 Å². The molecule has 2 nitrogen and oxygen atoms in total. The summed E-state index contributed by atoms with van der Waals surface area (Å²) >= 11 is 0. The number of hydrogen-bond donors (Lipinski definition) is 0. The Labute approximate surface area is 213 Å². The van der Waals surface area contributed by atoms with Gasteiger partial charge in [0.2, 0.25) is 0 Å². The molecular weight excluding hydrogens is 436 g/mol. The second kappa shape index (κ2) is 14.8. The second-order valence-corrected chi connectivity index (χ2v) is 7.32. The van der Waals surface area contributed by atoms with E-state index in [1.807, 2.05) is 60.7 Å². The fourth-order valence-electron chi connectivity index (χ4n) is 3.35. The van der Waals surface area contributed by atoms with Gasteiger partial charge >= 0.3 is 21.7 Å². The van der Waals surface area contributed by atoms with Crippen LogP contribution in [0.25, 0.3) is 28.0 Å². The largest absolute Gasteiger partial charge is 4.00 e. The predicted octanol–water partition coefficient (Wildman–Crippen LogP) is 8.36. The number of rotatable bonds is 2. The summed E-state index contributed by atoms with van der Waals surface area (Å²) in [5.41, 5.74) is 4.96. The number of fused-ring (bicyclic) bond motifs is 1. The van der Waals surface area contributed by atoms with Gasteiger partial charge in [-0.15, -0.1) is 35.2 Å². The van der Waals surface area contributed by atoms with Gasteiger partial charge in [0, 0.05) is 0 Å². The van der Waals surface area contributed by atoms with Gasteiger partial charge < -0.3 is 11.1 Å². The fraction of sp³-hybridized carbons (Fsp3) is 0.0667. The van der Waals surface area contributed by atoms with Crippen molar-refractivity contribution in [3.05, 3.63) is 146 Å². The molecule has 0 unspecified atom stereocenters. The summed E-state index contributed by atoms with van der Waals surface area (Å²) in [5, 5.41) is 2.63. The molecule has 2 N–H and O–H groups in total. The fourth-order valence-corrected chi connectivity index (χ4v) is 3.35. The Morgan fingerprint density at radius 1 is 0.697 bits per heavy atom. The number of anilines is 1. The van der Waals surface area contributed by atoms with Crippen molar-refractivity contribution in [2.45, 2.75) is 0 Å². The number of nitrogens with zero attached hydrogens (tertiary/aromatic N) is 1. The SMILES string of the molecule is CN(C)c1c(-c2ccccc2)[cH-]c2ccccc12.[CH2-]c1ccccc1.[NH2-].[Ti+4].[c-]1ccccc1. The molecule has 0 aromatic heterocycles. The summed E-state index contributed by atoms with van der Waals surface area (Å²) in [6.07, 6.45) is 0. The van der Waals surface area contributed by atoms with Crippen molar-refractivity contribution in [2.24, 2.45) is 0 Å². The summed E-state index contributed by atoms with van der Waals surface area (Å²) in [6.45, 7) is 3.72. The van der Waals surface area contributed by atoms with Gasteiger partial charge in [-0.25, -0.2) is 0 Å². The van der Waals surface area contributed by atoms with Crippen molar-refractivity contribution in [2.75, 3.05) is 19.0 Å². The molecule has 0 saturated heterocycles. The molecule has 5 aromatic rings. The van der Waals surface area contributed by atoms with Crippen LogP contribution in [0.5, 0.6) is 0 Å². The zero-order valence-corrected chi connectivity index (χ0v) is 20.8. The molecule has 0 radical (unpaired) electrons. The predicted molar refractivity (Wildman–Crippen MR) is 141 cm³/mol. The van der Waals surface area contributed by atoms with Crippen LogP contribution < -0.4 is 4.90 Å². The number of hydrogen-bond acceptors (Lipinski definition) is 1. The minimum atomic E-state index is 0. The number of nitrogens with two attached hydrogens (primary N) is 1. The summed E-state index contributed by atoms with van der Waals surface area (Å²) in [7, 11) is 4.21. The molecule has 0 fully saturated rings. The van der Waals surface area contributed by atoms with Crippen LogP contribution in [0.3, 0.4) is 0 Å². The van der Waals surface area contributed by atoms with Crippen molar-refractivity contribution in [3.8, 4) is 11.1 Å². The van der Waals surface area contributed by atoms with E-state index >= 15 is 0 Å². The molecule has 0 aliphatic rings. The topological polar surface area (TPSA) is 36.7 Å². The van der Waals surface area contributed by atoms with E-state index in [1.54, 1.807) is 0 Å². The Kier molecular flexibility index (Phi) is 12.5. The summed E-state index contributed by atoms with van der Waals surface area (Å²) in [4.78, 5) is 2.20. The van der Waals surface area contributed by atoms with Gasteiger partial charge in [-0.1, -0.05) is 65.5 Å². The van der Waals surface area contributed by atoms with Crippen LogP contribution in [-0.4, -0.2) is 14.1 Å². The molecule has 164 valence electrons. The van der Waals surface area contributed by atoms with Gasteiger partial charge in [0.15, 0.2) is 0 Å². The summed E-state index contributed by atoms with van der Waals surface area (Å²) in [6, 6.07) is 43.8. The first-order valence-electron chi connectivity index (χ1n) is 10.4. The van der Waals surface area contributed by atoms with E-state index in [0.29, 0.717) is 0 Å². The molecule has 33 heavy (non-hydrogen) atoms.